The van der Waals surface area contributed by atoms with Crippen LogP contribution in [0.4, 0.5) is 5.69 Å². The molecule has 2 atom stereocenters. The molecular formula is C19H14Cl2N2O4. The van der Waals surface area contributed by atoms with Crippen LogP contribution in [0.3, 0.4) is 0 Å². The van der Waals surface area contributed by atoms with Gasteiger partial charge in [0.05, 0.1) is 16.3 Å². The summed E-state index contributed by atoms with van der Waals surface area (Å²) in [5.41, 5.74) is 1.34. The lowest BCUT2D eigenvalue weighted by Gasteiger charge is -2.29. The number of ether oxygens (including phenoxy) is 1. The normalized spacial score (nSPS) is 21.2. The zero-order chi connectivity index (χ0) is 19.1. The number of hydrogen-bond donors (Lipinski definition) is 1. The maximum Gasteiger partial charge on any atom is 0.340 e. The molecule has 0 bridgehead atoms. The quantitative estimate of drug-likeness (QED) is 0.789. The van der Waals surface area contributed by atoms with Crippen molar-refractivity contribution >= 4 is 46.7 Å². The largest absolute Gasteiger partial charge is 0.433 e. The number of likely N-dealkylation sites (tertiary alicyclic amines) is 1. The molecule has 0 aliphatic carbocycles. The van der Waals surface area contributed by atoms with E-state index in [1.54, 1.807) is 36.4 Å². The molecule has 2 aliphatic heterocycles. The zero-order valence-electron chi connectivity index (χ0n) is 13.9. The second-order valence-electron chi connectivity index (χ2n) is 6.31. The van der Waals surface area contributed by atoms with Crippen molar-refractivity contribution in [3.8, 4) is 0 Å². The van der Waals surface area contributed by atoms with Crippen LogP contribution in [0.1, 0.15) is 35.0 Å². The number of halogens is 2. The smallest absolute Gasteiger partial charge is 0.340 e. The number of rotatable bonds is 3. The predicted molar refractivity (Wildman–Crippen MR) is 99.6 cm³/mol. The molecule has 2 aliphatic rings. The van der Waals surface area contributed by atoms with E-state index < -0.39 is 24.1 Å². The third-order valence-electron chi connectivity index (χ3n) is 4.66. The molecule has 0 radical (unpaired) electrons. The molecule has 1 N–H and O–H groups in total. The molecule has 0 saturated carbocycles. The maximum atomic E-state index is 12.8. The molecule has 2 aromatic carbocycles. The van der Waals surface area contributed by atoms with Crippen LogP contribution in [0, 0.1) is 0 Å². The van der Waals surface area contributed by atoms with E-state index in [0.29, 0.717) is 33.3 Å². The molecule has 4 rings (SSSR count). The Balaban J connectivity index is 1.62. The SMILES string of the molecule is O=C1O[C@@H](N2C(=O)CC[C@@H]2C(=O)Nc2cc(Cl)ccc2Cl)c2ccccc21. The van der Waals surface area contributed by atoms with Gasteiger partial charge < -0.3 is 10.1 Å². The van der Waals surface area contributed by atoms with Gasteiger partial charge in [0.15, 0.2) is 0 Å². The molecule has 27 heavy (non-hydrogen) atoms. The van der Waals surface area contributed by atoms with Crippen LogP contribution in [-0.4, -0.2) is 28.7 Å². The molecule has 0 unspecified atom stereocenters. The summed E-state index contributed by atoms with van der Waals surface area (Å²) < 4.78 is 5.40. The van der Waals surface area contributed by atoms with E-state index in [1.165, 1.54) is 11.0 Å². The van der Waals surface area contributed by atoms with Gasteiger partial charge in [-0.05, 0) is 30.7 Å². The number of anilines is 1. The number of carbonyl (C=O) groups excluding carboxylic acids is 3. The van der Waals surface area contributed by atoms with Crippen LogP contribution >= 0.6 is 23.2 Å². The summed E-state index contributed by atoms with van der Waals surface area (Å²) in [4.78, 5) is 38.7. The predicted octanol–water partition coefficient (Wildman–Crippen LogP) is 3.79. The number of hydrogen-bond acceptors (Lipinski definition) is 4. The van der Waals surface area contributed by atoms with E-state index in [-0.39, 0.29) is 12.3 Å². The topological polar surface area (TPSA) is 75.7 Å². The van der Waals surface area contributed by atoms with E-state index >= 15 is 0 Å². The van der Waals surface area contributed by atoms with E-state index in [0.717, 1.165) is 0 Å². The van der Waals surface area contributed by atoms with Crippen LogP contribution in [0.15, 0.2) is 42.5 Å². The minimum Gasteiger partial charge on any atom is -0.433 e. The Morgan fingerprint density at radius 1 is 1.15 bits per heavy atom. The lowest BCUT2D eigenvalue weighted by molar-refractivity contribution is -0.144. The fourth-order valence-electron chi connectivity index (χ4n) is 3.40. The molecule has 138 valence electrons. The van der Waals surface area contributed by atoms with Crippen molar-refractivity contribution in [2.45, 2.75) is 25.1 Å². The molecule has 6 nitrogen and oxygen atoms in total. The number of fused-ring (bicyclic) bond motifs is 1. The van der Waals surface area contributed by atoms with Crippen molar-refractivity contribution < 1.29 is 19.1 Å². The van der Waals surface area contributed by atoms with Gasteiger partial charge in [-0.25, -0.2) is 4.79 Å². The highest BCUT2D eigenvalue weighted by Crippen LogP contribution is 2.38. The fourth-order valence-corrected chi connectivity index (χ4v) is 3.73. The first-order chi connectivity index (χ1) is 13.0. The second-order valence-corrected chi connectivity index (χ2v) is 7.16. The summed E-state index contributed by atoms with van der Waals surface area (Å²) in [6.07, 6.45) is -0.398. The minimum atomic E-state index is -0.908. The van der Waals surface area contributed by atoms with Gasteiger partial charge in [-0.1, -0.05) is 41.4 Å². The first-order valence-electron chi connectivity index (χ1n) is 8.32. The highest BCUT2D eigenvalue weighted by molar-refractivity contribution is 6.35. The number of amides is 2. The molecule has 1 fully saturated rings. The Morgan fingerprint density at radius 2 is 1.93 bits per heavy atom. The second kappa shape index (κ2) is 6.87. The summed E-state index contributed by atoms with van der Waals surface area (Å²) in [6, 6.07) is 10.8. The van der Waals surface area contributed by atoms with E-state index in [4.69, 9.17) is 27.9 Å². The fraction of sp³-hybridized carbons (Fsp3) is 0.211. The molecule has 2 heterocycles. The number of cyclic esters (lactones) is 1. The van der Waals surface area contributed by atoms with Crippen molar-refractivity contribution in [2.24, 2.45) is 0 Å². The molecule has 0 aromatic heterocycles. The highest BCUT2D eigenvalue weighted by atomic mass is 35.5. The summed E-state index contributed by atoms with van der Waals surface area (Å²) >= 11 is 12.1. The molecular weight excluding hydrogens is 391 g/mol. The lowest BCUT2D eigenvalue weighted by Crippen LogP contribution is -2.43. The van der Waals surface area contributed by atoms with Crippen molar-refractivity contribution in [3.63, 3.8) is 0 Å². The van der Waals surface area contributed by atoms with Gasteiger partial charge in [-0.15, -0.1) is 0 Å². The Hall–Kier alpha value is -2.57. The molecule has 2 aromatic rings. The van der Waals surface area contributed by atoms with Gasteiger partial charge >= 0.3 is 5.97 Å². The first-order valence-corrected chi connectivity index (χ1v) is 9.08. The van der Waals surface area contributed by atoms with Crippen molar-refractivity contribution in [1.29, 1.82) is 0 Å². The third kappa shape index (κ3) is 3.15. The number of carbonyl (C=O) groups is 3. The van der Waals surface area contributed by atoms with E-state index in [1.807, 2.05) is 0 Å². The van der Waals surface area contributed by atoms with E-state index in [2.05, 4.69) is 5.32 Å². The average Bonchev–Trinajstić information content (AvgIpc) is 3.18. The van der Waals surface area contributed by atoms with Crippen LogP contribution in [0.5, 0.6) is 0 Å². The number of esters is 1. The third-order valence-corrected chi connectivity index (χ3v) is 5.23. The van der Waals surface area contributed by atoms with E-state index in [9.17, 15) is 14.4 Å². The van der Waals surface area contributed by atoms with Crippen LogP contribution in [0.25, 0.3) is 0 Å². The average molecular weight is 405 g/mol. The van der Waals surface area contributed by atoms with Gasteiger partial charge in [0.2, 0.25) is 18.0 Å². The van der Waals surface area contributed by atoms with Crippen molar-refractivity contribution in [3.05, 3.63) is 63.6 Å². The monoisotopic (exact) mass is 404 g/mol. The van der Waals surface area contributed by atoms with Gasteiger partial charge in [0.25, 0.3) is 0 Å². The molecule has 8 heteroatoms. The summed E-state index contributed by atoms with van der Waals surface area (Å²) in [7, 11) is 0. The van der Waals surface area contributed by atoms with Crippen LogP contribution < -0.4 is 5.32 Å². The molecule has 1 saturated heterocycles. The summed E-state index contributed by atoms with van der Waals surface area (Å²) in [5, 5.41) is 3.47. The zero-order valence-corrected chi connectivity index (χ0v) is 15.5. The lowest BCUT2D eigenvalue weighted by atomic mass is 10.1. The number of nitrogens with zero attached hydrogens (tertiary/aromatic N) is 1. The Bertz CT molecular complexity index is 962. The Kier molecular flexibility index (Phi) is 4.53. The standard InChI is InChI=1S/C19H14Cl2N2O4/c20-10-5-6-13(21)14(9-10)22-17(25)15-7-8-16(24)23(15)18-11-3-1-2-4-12(11)19(26)27-18/h1-6,9,15,18H,7-8H2,(H,22,25)/t15-,18-/m1/s1. The minimum absolute atomic E-state index is 0.192. The highest BCUT2D eigenvalue weighted by Gasteiger charge is 2.46. The van der Waals surface area contributed by atoms with Crippen molar-refractivity contribution in [2.75, 3.05) is 5.32 Å². The maximum absolute atomic E-state index is 12.8. The molecule has 0 spiro atoms. The first kappa shape index (κ1) is 17.8. The van der Waals surface area contributed by atoms with Crippen molar-refractivity contribution in [1.82, 2.24) is 4.90 Å². The number of benzene rings is 2. The van der Waals surface area contributed by atoms with Gasteiger partial charge in [-0.2, -0.15) is 0 Å². The summed E-state index contributed by atoms with van der Waals surface area (Å²) in [6.45, 7) is 0. The molecule has 2 amide bonds. The summed E-state index contributed by atoms with van der Waals surface area (Å²) in [5.74, 6) is -1.17. The van der Waals surface area contributed by atoms with Crippen LogP contribution in [-0.2, 0) is 14.3 Å². The Labute approximate surface area is 165 Å². The Morgan fingerprint density at radius 3 is 2.74 bits per heavy atom. The van der Waals surface area contributed by atoms with Gasteiger partial charge in [-0.3, -0.25) is 14.5 Å². The van der Waals surface area contributed by atoms with Crippen LogP contribution in [0.2, 0.25) is 10.0 Å². The van der Waals surface area contributed by atoms with Gasteiger partial charge in [0, 0.05) is 17.0 Å². The van der Waals surface area contributed by atoms with Gasteiger partial charge in [0.1, 0.15) is 6.04 Å². The number of nitrogens with one attached hydrogen (secondary N) is 1.